The zero-order chi connectivity index (χ0) is 18.8. The summed E-state index contributed by atoms with van der Waals surface area (Å²) in [4.78, 5) is 4.58. The van der Waals surface area contributed by atoms with Crippen molar-refractivity contribution in [1.82, 2.24) is 20.4 Å². The van der Waals surface area contributed by atoms with Gasteiger partial charge in [0.05, 0.1) is 26.0 Å². The van der Waals surface area contributed by atoms with E-state index in [1.54, 1.807) is 7.11 Å². The summed E-state index contributed by atoms with van der Waals surface area (Å²) in [6, 6.07) is 5.89. The molecule has 0 amide bonds. The van der Waals surface area contributed by atoms with Crippen LogP contribution in [-0.4, -0.2) is 42.7 Å². The van der Waals surface area contributed by atoms with E-state index in [1.165, 1.54) is 0 Å². The molecule has 2 aliphatic rings. The van der Waals surface area contributed by atoms with Crippen molar-refractivity contribution in [3.63, 3.8) is 0 Å². The zero-order valence-corrected chi connectivity index (χ0v) is 15.7. The topological polar surface area (TPSA) is 84.7 Å². The molecule has 0 spiro atoms. The van der Waals surface area contributed by atoms with Gasteiger partial charge in [-0.25, -0.2) is 9.67 Å². The monoisotopic (exact) mass is 368 g/mol. The fourth-order valence-corrected chi connectivity index (χ4v) is 3.22. The van der Waals surface area contributed by atoms with Gasteiger partial charge in [-0.05, 0) is 38.2 Å². The van der Waals surface area contributed by atoms with Gasteiger partial charge in [0.25, 0.3) is 0 Å². The summed E-state index contributed by atoms with van der Waals surface area (Å²) in [6.07, 6.45) is 4.82. The molecule has 3 heterocycles. The molecule has 8 heteroatoms. The van der Waals surface area contributed by atoms with Crippen LogP contribution in [-0.2, 0) is 17.8 Å². The highest BCUT2D eigenvalue weighted by Crippen LogP contribution is 2.28. The number of likely N-dealkylation sites (N-methyl/N-ethyl adjacent to an activating group) is 1. The average molecular weight is 368 g/mol. The minimum atomic E-state index is -0.0516. The number of anilines is 1. The third-order valence-electron chi connectivity index (χ3n) is 4.59. The number of fused-ring (bicyclic) bond motifs is 1. The van der Waals surface area contributed by atoms with Crippen LogP contribution in [0.15, 0.2) is 41.2 Å². The molecule has 142 valence electrons. The first-order valence-corrected chi connectivity index (χ1v) is 8.97. The van der Waals surface area contributed by atoms with Gasteiger partial charge in [-0.15, -0.1) is 0 Å². The molecule has 0 saturated carbocycles. The van der Waals surface area contributed by atoms with Gasteiger partial charge in [-0.3, -0.25) is 5.32 Å². The van der Waals surface area contributed by atoms with Crippen molar-refractivity contribution in [2.45, 2.75) is 26.1 Å². The smallest absolute Gasteiger partial charge is 0.201 e. The van der Waals surface area contributed by atoms with E-state index in [9.17, 15) is 0 Å². The lowest BCUT2D eigenvalue weighted by atomic mass is 10.2. The third kappa shape index (κ3) is 3.67. The first kappa shape index (κ1) is 17.6. The average Bonchev–Trinajstić information content (AvgIpc) is 3.11. The number of nitrogens with one attached hydrogen (secondary N) is 3. The van der Waals surface area contributed by atoms with Crippen molar-refractivity contribution in [2.75, 3.05) is 26.1 Å². The summed E-state index contributed by atoms with van der Waals surface area (Å²) in [5.41, 5.74) is 5.01. The van der Waals surface area contributed by atoms with Crippen LogP contribution in [0.1, 0.15) is 18.2 Å². The molecule has 27 heavy (non-hydrogen) atoms. The predicted octanol–water partition coefficient (Wildman–Crippen LogP) is 1.77. The van der Waals surface area contributed by atoms with Crippen LogP contribution in [0.3, 0.4) is 0 Å². The Labute approximate surface area is 158 Å². The number of hydrogen-bond donors (Lipinski definition) is 3. The van der Waals surface area contributed by atoms with Gasteiger partial charge >= 0.3 is 0 Å². The van der Waals surface area contributed by atoms with E-state index in [-0.39, 0.29) is 6.17 Å². The molecule has 1 unspecified atom stereocenters. The van der Waals surface area contributed by atoms with Crippen molar-refractivity contribution in [2.24, 2.45) is 4.99 Å². The lowest BCUT2D eigenvalue weighted by molar-refractivity contribution is 0.110. The molecular formula is C19H24N6O2. The van der Waals surface area contributed by atoms with Crippen LogP contribution in [0.2, 0.25) is 0 Å². The number of aliphatic imine (C=N–C) groups is 1. The van der Waals surface area contributed by atoms with Gasteiger partial charge in [-0.2, -0.15) is 5.10 Å². The van der Waals surface area contributed by atoms with Crippen LogP contribution < -0.4 is 20.7 Å². The molecule has 2 aliphatic heterocycles. The van der Waals surface area contributed by atoms with E-state index in [2.05, 4.69) is 20.9 Å². The van der Waals surface area contributed by atoms with Gasteiger partial charge in [-0.1, -0.05) is 0 Å². The maximum Gasteiger partial charge on any atom is 0.201 e. The van der Waals surface area contributed by atoms with Crippen LogP contribution in [0.25, 0.3) is 5.69 Å². The molecule has 1 atom stereocenters. The Hall–Kier alpha value is -2.84. The fraction of sp³-hybridized carbons (Fsp3) is 0.368. The van der Waals surface area contributed by atoms with Crippen molar-refractivity contribution in [1.29, 1.82) is 0 Å². The Morgan fingerprint density at radius 2 is 2.26 bits per heavy atom. The summed E-state index contributed by atoms with van der Waals surface area (Å²) >= 11 is 0. The minimum absolute atomic E-state index is 0.0516. The number of aromatic nitrogens is 2. The van der Waals surface area contributed by atoms with Gasteiger partial charge in [0, 0.05) is 29.6 Å². The molecule has 2 aromatic rings. The van der Waals surface area contributed by atoms with Crippen molar-refractivity contribution >= 4 is 11.6 Å². The largest absolute Gasteiger partial charge is 0.494 e. The van der Waals surface area contributed by atoms with E-state index in [0.29, 0.717) is 19.2 Å². The standard InChI is InChI=1S/C19H24N6O2/c1-12-8-18(20-2)23-19(21-12)22-14-4-5-17(26-3)16(9-14)25-10-13-11-27-7-6-15(13)24-25/h4-5,8-10,18,20H,6-7,11H2,1-3H3,(H2,21,22,23). The number of guanidine groups is 1. The Balaban J connectivity index is 1.63. The van der Waals surface area contributed by atoms with Crippen LogP contribution in [0.5, 0.6) is 5.75 Å². The number of nitrogens with zero attached hydrogens (tertiary/aromatic N) is 3. The molecule has 0 radical (unpaired) electrons. The molecule has 0 fully saturated rings. The Bertz CT molecular complexity index is 878. The highest BCUT2D eigenvalue weighted by molar-refractivity contribution is 5.95. The molecule has 0 bridgehead atoms. The number of ether oxygens (including phenoxy) is 2. The highest BCUT2D eigenvalue weighted by atomic mass is 16.5. The van der Waals surface area contributed by atoms with Gasteiger partial charge in [0.15, 0.2) is 0 Å². The first-order chi connectivity index (χ1) is 13.2. The van der Waals surface area contributed by atoms with E-state index in [4.69, 9.17) is 14.6 Å². The van der Waals surface area contributed by atoms with Gasteiger partial charge in [0.2, 0.25) is 5.96 Å². The van der Waals surface area contributed by atoms with Gasteiger partial charge < -0.3 is 20.1 Å². The Kier molecular flexibility index (Phi) is 4.83. The van der Waals surface area contributed by atoms with E-state index < -0.39 is 0 Å². The molecule has 8 nitrogen and oxygen atoms in total. The number of benzene rings is 1. The number of rotatable bonds is 4. The van der Waals surface area contributed by atoms with Crippen molar-refractivity contribution in [3.05, 3.63) is 47.4 Å². The molecule has 1 aromatic heterocycles. The molecule has 0 saturated heterocycles. The maximum absolute atomic E-state index is 5.54. The fourth-order valence-electron chi connectivity index (χ4n) is 3.22. The maximum atomic E-state index is 5.54. The summed E-state index contributed by atoms with van der Waals surface area (Å²) < 4.78 is 12.9. The first-order valence-electron chi connectivity index (χ1n) is 8.97. The van der Waals surface area contributed by atoms with E-state index in [0.717, 1.165) is 40.5 Å². The molecule has 1 aromatic carbocycles. The third-order valence-corrected chi connectivity index (χ3v) is 4.59. The van der Waals surface area contributed by atoms with Crippen LogP contribution in [0, 0.1) is 0 Å². The highest BCUT2D eigenvalue weighted by Gasteiger charge is 2.17. The van der Waals surface area contributed by atoms with Crippen molar-refractivity contribution < 1.29 is 9.47 Å². The summed E-state index contributed by atoms with van der Waals surface area (Å²) in [5, 5.41) is 14.4. The quantitative estimate of drug-likeness (QED) is 0.763. The van der Waals surface area contributed by atoms with E-state index >= 15 is 0 Å². The zero-order valence-electron chi connectivity index (χ0n) is 15.7. The SMILES string of the molecule is CNC1C=C(C)NC(Nc2ccc(OC)c(-n3cc4c(n3)CCOC4)c2)=N1. The van der Waals surface area contributed by atoms with Crippen LogP contribution in [0.4, 0.5) is 5.69 Å². The van der Waals surface area contributed by atoms with Crippen LogP contribution >= 0.6 is 0 Å². The predicted molar refractivity (Wildman–Crippen MR) is 104 cm³/mol. The number of allylic oxidation sites excluding steroid dienone is 1. The van der Waals surface area contributed by atoms with E-state index in [1.807, 2.05) is 49.1 Å². The summed E-state index contributed by atoms with van der Waals surface area (Å²) in [5.74, 6) is 1.45. The minimum Gasteiger partial charge on any atom is -0.494 e. The van der Waals surface area contributed by atoms with Gasteiger partial charge in [0.1, 0.15) is 17.6 Å². The molecular weight excluding hydrogens is 344 g/mol. The second-order valence-corrected chi connectivity index (χ2v) is 6.55. The Morgan fingerprint density at radius 1 is 1.37 bits per heavy atom. The lowest BCUT2D eigenvalue weighted by Gasteiger charge is -2.21. The Morgan fingerprint density at radius 3 is 3.04 bits per heavy atom. The molecule has 4 rings (SSSR count). The summed E-state index contributed by atoms with van der Waals surface area (Å²) in [7, 11) is 3.55. The summed E-state index contributed by atoms with van der Waals surface area (Å²) in [6.45, 7) is 3.33. The number of hydrogen-bond acceptors (Lipinski definition) is 7. The second kappa shape index (κ2) is 7.42. The molecule has 3 N–H and O–H groups in total. The molecule has 0 aliphatic carbocycles. The number of methoxy groups -OCH3 is 1. The van der Waals surface area contributed by atoms with Crippen molar-refractivity contribution in [3.8, 4) is 11.4 Å². The lowest BCUT2D eigenvalue weighted by Crippen LogP contribution is -2.38. The normalized spacial score (nSPS) is 18.9. The second-order valence-electron chi connectivity index (χ2n) is 6.55.